The summed E-state index contributed by atoms with van der Waals surface area (Å²) in [6.45, 7) is 7.36. The minimum atomic E-state index is 0.541. The summed E-state index contributed by atoms with van der Waals surface area (Å²) in [7, 11) is 1.65. The van der Waals surface area contributed by atoms with Gasteiger partial charge in [-0.2, -0.15) is 0 Å². The van der Waals surface area contributed by atoms with Crippen molar-refractivity contribution in [2.45, 2.75) is 27.2 Å². The van der Waals surface area contributed by atoms with Crippen molar-refractivity contribution >= 4 is 22.6 Å². The highest BCUT2D eigenvalue weighted by Gasteiger charge is 2.09. The zero-order chi connectivity index (χ0) is 12.8. The lowest BCUT2D eigenvalue weighted by atomic mass is 10.00. The zero-order valence-corrected chi connectivity index (χ0v) is 13.0. The molecule has 1 atom stereocenters. The number of nitrogens with zero attached hydrogens (tertiary/aromatic N) is 1. The molecule has 96 valence electrons. The number of aromatic nitrogens is 1. The molecule has 1 aromatic heterocycles. The lowest BCUT2D eigenvalue weighted by Crippen LogP contribution is -2.11. The number of rotatable bonds is 6. The first-order valence-electron chi connectivity index (χ1n) is 5.85. The fourth-order valence-corrected chi connectivity index (χ4v) is 2.20. The van der Waals surface area contributed by atoms with Crippen LogP contribution in [-0.2, 0) is 0 Å². The number of pyridine rings is 1. The molecular formula is C13H20INO2. The standard InChI is InChI=1S/C13H20INO2/c1-9(2)5-10(3)8-17-12-7-15-13(14)6-11(12)16-4/h6-7,9-10H,5,8H2,1-4H3. The summed E-state index contributed by atoms with van der Waals surface area (Å²) >= 11 is 2.16. The second kappa shape index (κ2) is 7.03. The van der Waals surface area contributed by atoms with E-state index in [0.29, 0.717) is 18.4 Å². The van der Waals surface area contributed by atoms with E-state index in [2.05, 4.69) is 48.3 Å². The summed E-state index contributed by atoms with van der Waals surface area (Å²) in [5, 5.41) is 0. The van der Waals surface area contributed by atoms with Crippen LogP contribution in [0.25, 0.3) is 0 Å². The van der Waals surface area contributed by atoms with E-state index in [4.69, 9.17) is 9.47 Å². The van der Waals surface area contributed by atoms with Crippen LogP contribution >= 0.6 is 22.6 Å². The summed E-state index contributed by atoms with van der Waals surface area (Å²) in [5.74, 6) is 2.72. The Bertz CT molecular complexity index is 355. The van der Waals surface area contributed by atoms with Crippen LogP contribution in [0.4, 0.5) is 0 Å². The molecule has 0 spiro atoms. The molecule has 3 nitrogen and oxygen atoms in total. The number of hydrogen-bond acceptors (Lipinski definition) is 3. The monoisotopic (exact) mass is 349 g/mol. The summed E-state index contributed by atoms with van der Waals surface area (Å²) in [6, 6.07) is 1.88. The van der Waals surface area contributed by atoms with Gasteiger partial charge in [-0.3, -0.25) is 0 Å². The molecule has 0 radical (unpaired) electrons. The molecule has 0 saturated heterocycles. The molecule has 1 rings (SSSR count). The molecule has 0 N–H and O–H groups in total. The Kier molecular flexibility index (Phi) is 6.02. The van der Waals surface area contributed by atoms with Gasteiger partial charge in [0.2, 0.25) is 0 Å². The maximum atomic E-state index is 5.75. The molecule has 1 unspecified atom stereocenters. The molecule has 0 aliphatic heterocycles. The third-order valence-corrected chi connectivity index (χ3v) is 3.01. The van der Waals surface area contributed by atoms with Gasteiger partial charge in [-0.05, 0) is 40.8 Å². The molecule has 0 aromatic carbocycles. The minimum absolute atomic E-state index is 0.541. The zero-order valence-electron chi connectivity index (χ0n) is 10.9. The molecule has 0 aliphatic rings. The maximum Gasteiger partial charge on any atom is 0.179 e. The largest absolute Gasteiger partial charge is 0.493 e. The lowest BCUT2D eigenvalue weighted by Gasteiger charge is -2.16. The normalized spacial score (nSPS) is 12.6. The number of ether oxygens (including phenoxy) is 2. The Balaban J connectivity index is 2.56. The minimum Gasteiger partial charge on any atom is -0.493 e. The highest BCUT2D eigenvalue weighted by atomic mass is 127. The highest BCUT2D eigenvalue weighted by Crippen LogP contribution is 2.27. The van der Waals surface area contributed by atoms with E-state index in [9.17, 15) is 0 Å². The highest BCUT2D eigenvalue weighted by molar-refractivity contribution is 14.1. The van der Waals surface area contributed by atoms with Gasteiger partial charge < -0.3 is 9.47 Å². The van der Waals surface area contributed by atoms with Crippen molar-refractivity contribution in [1.82, 2.24) is 4.98 Å². The first-order chi connectivity index (χ1) is 8.02. The number of halogens is 1. The molecular weight excluding hydrogens is 329 g/mol. The van der Waals surface area contributed by atoms with Gasteiger partial charge in [0.05, 0.1) is 19.9 Å². The topological polar surface area (TPSA) is 31.4 Å². The van der Waals surface area contributed by atoms with Crippen LogP contribution in [0.1, 0.15) is 27.2 Å². The molecule has 0 bridgehead atoms. The van der Waals surface area contributed by atoms with Crippen LogP contribution < -0.4 is 9.47 Å². The summed E-state index contributed by atoms with van der Waals surface area (Å²) in [5.41, 5.74) is 0. The predicted octanol–water partition coefficient (Wildman–Crippen LogP) is 3.76. The van der Waals surface area contributed by atoms with Crippen LogP contribution in [0.5, 0.6) is 11.5 Å². The quantitative estimate of drug-likeness (QED) is 0.579. The predicted molar refractivity (Wildman–Crippen MR) is 77.6 cm³/mol. The van der Waals surface area contributed by atoms with Gasteiger partial charge in [-0.1, -0.05) is 20.8 Å². The third-order valence-electron chi connectivity index (χ3n) is 2.42. The smallest absolute Gasteiger partial charge is 0.179 e. The van der Waals surface area contributed by atoms with E-state index in [1.165, 1.54) is 6.42 Å². The van der Waals surface area contributed by atoms with Crippen molar-refractivity contribution in [2.75, 3.05) is 13.7 Å². The van der Waals surface area contributed by atoms with E-state index in [1.54, 1.807) is 13.3 Å². The SMILES string of the molecule is COc1cc(I)ncc1OCC(C)CC(C)C. The molecule has 4 heteroatoms. The van der Waals surface area contributed by atoms with Crippen molar-refractivity contribution in [3.63, 3.8) is 0 Å². The van der Waals surface area contributed by atoms with Crippen molar-refractivity contribution in [1.29, 1.82) is 0 Å². The fourth-order valence-electron chi connectivity index (χ4n) is 1.77. The van der Waals surface area contributed by atoms with Gasteiger partial charge >= 0.3 is 0 Å². The van der Waals surface area contributed by atoms with E-state index in [0.717, 1.165) is 15.2 Å². The van der Waals surface area contributed by atoms with Crippen LogP contribution in [0, 0.1) is 15.5 Å². The van der Waals surface area contributed by atoms with E-state index < -0.39 is 0 Å². The van der Waals surface area contributed by atoms with Gasteiger partial charge in [-0.25, -0.2) is 4.98 Å². The van der Waals surface area contributed by atoms with Crippen LogP contribution in [-0.4, -0.2) is 18.7 Å². The molecule has 0 fully saturated rings. The van der Waals surface area contributed by atoms with Crippen molar-refractivity contribution in [3.8, 4) is 11.5 Å². The molecule has 1 aromatic rings. The van der Waals surface area contributed by atoms with Crippen molar-refractivity contribution in [3.05, 3.63) is 16.0 Å². The van der Waals surface area contributed by atoms with Gasteiger partial charge in [-0.15, -0.1) is 0 Å². The number of methoxy groups -OCH3 is 1. The maximum absolute atomic E-state index is 5.75. The van der Waals surface area contributed by atoms with Crippen molar-refractivity contribution in [2.24, 2.45) is 11.8 Å². The van der Waals surface area contributed by atoms with Crippen LogP contribution in [0.15, 0.2) is 12.3 Å². The van der Waals surface area contributed by atoms with Gasteiger partial charge in [0.25, 0.3) is 0 Å². The Hall–Kier alpha value is -0.520. The summed E-state index contributed by atoms with van der Waals surface area (Å²) in [6.07, 6.45) is 2.89. The Morgan fingerprint density at radius 1 is 1.29 bits per heavy atom. The van der Waals surface area contributed by atoms with Gasteiger partial charge in [0.15, 0.2) is 11.5 Å². The molecule has 0 saturated carbocycles. The van der Waals surface area contributed by atoms with Gasteiger partial charge in [0.1, 0.15) is 3.70 Å². The fraction of sp³-hybridized carbons (Fsp3) is 0.615. The first kappa shape index (κ1) is 14.5. The summed E-state index contributed by atoms with van der Waals surface area (Å²) < 4.78 is 11.9. The van der Waals surface area contributed by atoms with Crippen molar-refractivity contribution < 1.29 is 9.47 Å². The Morgan fingerprint density at radius 3 is 2.59 bits per heavy atom. The third kappa shape index (κ3) is 5.10. The lowest BCUT2D eigenvalue weighted by molar-refractivity contribution is 0.228. The first-order valence-corrected chi connectivity index (χ1v) is 6.93. The second-order valence-corrected chi connectivity index (χ2v) is 5.81. The Labute approximate surface area is 117 Å². The molecule has 17 heavy (non-hydrogen) atoms. The molecule has 1 heterocycles. The number of hydrogen-bond donors (Lipinski definition) is 0. The average molecular weight is 349 g/mol. The van der Waals surface area contributed by atoms with E-state index in [-0.39, 0.29) is 0 Å². The van der Waals surface area contributed by atoms with E-state index in [1.807, 2.05) is 6.07 Å². The van der Waals surface area contributed by atoms with Gasteiger partial charge in [0, 0.05) is 6.07 Å². The molecule has 0 aliphatic carbocycles. The average Bonchev–Trinajstić information content (AvgIpc) is 2.26. The molecule has 0 amide bonds. The second-order valence-electron chi connectivity index (χ2n) is 4.70. The van der Waals surface area contributed by atoms with Crippen LogP contribution in [0.3, 0.4) is 0 Å². The Morgan fingerprint density at radius 2 is 2.00 bits per heavy atom. The summed E-state index contributed by atoms with van der Waals surface area (Å²) in [4.78, 5) is 4.21. The van der Waals surface area contributed by atoms with Crippen LogP contribution in [0.2, 0.25) is 0 Å². The van der Waals surface area contributed by atoms with E-state index >= 15 is 0 Å².